The van der Waals surface area contributed by atoms with Gasteiger partial charge in [-0.3, -0.25) is 14.5 Å². The summed E-state index contributed by atoms with van der Waals surface area (Å²) in [6, 6.07) is 3.12. The normalized spacial score (nSPS) is 23.9. The van der Waals surface area contributed by atoms with Gasteiger partial charge in [0.1, 0.15) is 18.3 Å². The number of hydrogen-bond donors (Lipinski definition) is 0. The van der Waals surface area contributed by atoms with Gasteiger partial charge in [0.2, 0.25) is 0 Å². The minimum absolute atomic E-state index is 0.102. The van der Waals surface area contributed by atoms with Crippen LogP contribution >= 0.6 is 0 Å². The number of rotatable bonds is 7. The smallest absolute Gasteiger partial charge is 0.319 e. The van der Waals surface area contributed by atoms with Gasteiger partial charge in [0, 0.05) is 29.0 Å². The standard InChI is InChI=1S/C18H21F2NO3/c1-21(8-15(23)24-2)10-18(5-6-18)16-11(9-22)3-4-12(17(16)20)13-7-14(13)19/h3-4,9,13-14H,5-8,10H2,1-2H3. The summed E-state index contributed by atoms with van der Waals surface area (Å²) < 4.78 is 33.1. The van der Waals surface area contributed by atoms with Crippen molar-refractivity contribution < 1.29 is 23.1 Å². The van der Waals surface area contributed by atoms with Gasteiger partial charge in [-0.2, -0.15) is 0 Å². The van der Waals surface area contributed by atoms with Crippen LogP contribution in [0.15, 0.2) is 12.1 Å². The second kappa shape index (κ2) is 6.24. The third kappa shape index (κ3) is 3.07. The van der Waals surface area contributed by atoms with Gasteiger partial charge in [0.25, 0.3) is 0 Å². The van der Waals surface area contributed by atoms with Crippen LogP contribution in [-0.2, 0) is 14.9 Å². The zero-order valence-electron chi connectivity index (χ0n) is 13.9. The number of nitrogens with zero attached hydrogens (tertiary/aromatic N) is 1. The van der Waals surface area contributed by atoms with Crippen LogP contribution in [0.4, 0.5) is 8.78 Å². The van der Waals surface area contributed by atoms with Gasteiger partial charge in [0.15, 0.2) is 0 Å². The Kier molecular flexibility index (Phi) is 4.42. The summed E-state index contributed by atoms with van der Waals surface area (Å²) in [5, 5.41) is 0. The van der Waals surface area contributed by atoms with Gasteiger partial charge in [0.05, 0.1) is 13.7 Å². The van der Waals surface area contributed by atoms with Crippen molar-refractivity contribution in [2.24, 2.45) is 0 Å². The number of carbonyl (C=O) groups excluding carboxylic acids is 2. The monoisotopic (exact) mass is 337 g/mol. The highest BCUT2D eigenvalue weighted by Gasteiger charge is 2.50. The van der Waals surface area contributed by atoms with E-state index < -0.39 is 23.3 Å². The molecule has 1 aromatic carbocycles. The average molecular weight is 337 g/mol. The molecule has 0 bridgehead atoms. The second-order valence-electron chi connectivity index (χ2n) is 6.94. The molecule has 0 amide bonds. The number of methoxy groups -OCH3 is 1. The lowest BCUT2D eigenvalue weighted by Crippen LogP contribution is -2.35. The fourth-order valence-corrected chi connectivity index (χ4v) is 3.51. The average Bonchev–Trinajstić information content (AvgIpc) is 3.45. The molecule has 2 aliphatic rings. The minimum Gasteiger partial charge on any atom is -0.468 e. The lowest BCUT2D eigenvalue weighted by atomic mass is 9.88. The fraction of sp³-hybridized carbons (Fsp3) is 0.556. The van der Waals surface area contributed by atoms with Gasteiger partial charge in [-0.1, -0.05) is 12.1 Å². The van der Waals surface area contributed by atoms with E-state index in [1.54, 1.807) is 18.0 Å². The number of ether oxygens (including phenoxy) is 1. The Labute approximate surface area is 139 Å². The number of alkyl halides is 1. The molecule has 2 fully saturated rings. The van der Waals surface area contributed by atoms with Crippen LogP contribution in [0.1, 0.15) is 46.7 Å². The molecule has 0 aliphatic heterocycles. The lowest BCUT2D eigenvalue weighted by Gasteiger charge is -2.25. The number of esters is 1. The van der Waals surface area contributed by atoms with Crippen LogP contribution in [-0.4, -0.2) is 50.6 Å². The molecule has 2 unspecified atom stereocenters. The molecule has 4 nitrogen and oxygen atoms in total. The van der Waals surface area contributed by atoms with Crippen LogP contribution in [0.3, 0.4) is 0 Å². The van der Waals surface area contributed by atoms with Gasteiger partial charge >= 0.3 is 5.97 Å². The van der Waals surface area contributed by atoms with E-state index in [4.69, 9.17) is 0 Å². The third-order valence-electron chi connectivity index (χ3n) is 5.03. The molecule has 0 N–H and O–H groups in total. The highest BCUT2D eigenvalue weighted by Crippen LogP contribution is 2.53. The van der Waals surface area contributed by atoms with E-state index >= 15 is 4.39 Å². The van der Waals surface area contributed by atoms with E-state index in [1.165, 1.54) is 13.2 Å². The van der Waals surface area contributed by atoms with Crippen LogP contribution in [0.2, 0.25) is 0 Å². The van der Waals surface area contributed by atoms with Crippen molar-refractivity contribution in [3.63, 3.8) is 0 Å². The van der Waals surface area contributed by atoms with Gasteiger partial charge in [-0.15, -0.1) is 0 Å². The molecular formula is C18H21F2NO3. The maximum Gasteiger partial charge on any atom is 0.319 e. The van der Waals surface area contributed by atoms with Crippen LogP contribution < -0.4 is 0 Å². The van der Waals surface area contributed by atoms with Crippen molar-refractivity contribution in [3.05, 3.63) is 34.6 Å². The number of hydrogen-bond acceptors (Lipinski definition) is 4. The molecule has 0 heterocycles. The van der Waals surface area contributed by atoms with E-state index in [1.807, 2.05) is 0 Å². The zero-order chi connectivity index (χ0) is 17.5. The van der Waals surface area contributed by atoms with Crippen LogP contribution in [0, 0.1) is 5.82 Å². The minimum atomic E-state index is -0.994. The molecular weight excluding hydrogens is 316 g/mol. The molecule has 3 rings (SSSR count). The zero-order valence-corrected chi connectivity index (χ0v) is 13.9. The Morgan fingerprint density at radius 3 is 2.62 bits per heavy atom. The van der Waals surface area contributed by atoms with Crippen LogP contribution in [0.25, 0.3) is 0 Å². The Hall–Kier alpha value is -1.82. The molecule has 0 spiro atoms. The first-order valence-corrected chi connectivity index (χ1v) is 8.09. The highest BCUT2D eigenvalue weighted by molar-refractivity contribution is 5.79. The summed E-state index contributed by atoms with van der Waals surface area (Å²) in [4.78, 5) is 24.6. The molecule has 2 atom stereocenters. The molecule has 1 aromatic rings. The summed E-state index contributed by atoms with van der Waals surface area (Å²) in [6.07, 6.45) is 1.48. The van der Waals surface area contributed by atoms with E-state index in [0.717, 1.165) is 12.8 Å². The van der Waals surface area contributed by atoms with Crippen molar-refractivity contribution >= 4 is 12.3 Å². The predicted molar refractivity (Wildman–Crippen MR) is 84.5 cm³/mol. The molecule has 0 radical (unpaired) electrons. The molecule has 0 aromatic heterocycles. The Balaban J connectivity index is 1.89. The number of aldehydes is 1. The Morgan fingerprint density at radius 2 is 2.12 bits per heavy atom. The second-order valence-corrected chi connectivity index (χ2v) is 6.94. The van der Waals surface area contributed by atoms with Crippen LogP contribution in [0.5, 0.6) is 0 Å². The Morgan fingerprint density at radius 1 is 1.46 bits per heavy atom. The summed E-state index contributed by atoms with van der Waals surface area (Å²) >= 11 is 0. The van der Waals surface area contributed by atoms with E-state index in [0.29, 0.717) is 35.9 Å². The number of carbonyl (C=O) groups is 2. The van der Waals surface area contributed by atoms with Crippen molar-refractivity contribution in [2.45, 2.75) is 36.8 Å². The summed E-state index contributed by atoms with van der Waals surface area (Å²) in [5.41, 5.74) is 0.576. The fourth-order valence-electron chi connectivity index (χ4n) is 3.51. The van der Waals surface area contributed by atoms with E-state index in [-0.39, 0.29) is 12.5 Å². The molecule has 0 saturated heterocycles. The summed E-state index contributed by atoms with van der Waals surface area (Å²) in [7, 11) is 3.08. The highest BCUT2D eigenvalue weighted by atomic mass is 19.1. The lowest BCUT2D eigenvalue weighted by molar-refractivity contribution is -0.141. The Bertz CT molecular complexity index is 672. The maximum absolute atomic E-state index is 15.1. The van der Waals surface area contributed by atoms with E-state index in [2.05, 4.69) is 4.74 Å². The SMILES string of the molecule is COC(=O)CN(C)CC1(c2c(C=O)ccc(C3CC3F)c2F)CC1. The summed E-state index contributed by atoms with van der Waals surface area (Å²) in [5.74, 6) is -1.21. The van der Waals surface area contributed by atoms with Gasteiger partial charge in [-0.25, -0.2) is 8.78 Å². The van der Waals surface area contributed by atoms with Crippen molar-refractivity contribution in [2.75, 3.05) is 27.2 Å². The quantitative estimate of drug-likeness (QED) is 0.567. The van der Waals surface area contributed by atoms with Gasteiger partial charge < -0.3 is 4.74 Å². The largest absolute Gasteiger partial charge is 0.468 e. The molecule has 130 valence electrons. The molecule has 2 saturated carbocycles. The summed E-state index contributed by atoms with van der Waals surface area (Å²) in [6.45, 7) is 0.554. The first-order valence-electron chi connectivity index (χ1n) is 8.09. The predicted octanol–water partition coefficient (Wildman–Crippen LogP) is 2.60. The topological polar surface area (TPSA) is 46.6 Å². The third-order valence-corrected chi connectivity index (χ3v) is 5.03. The van der Waals surface area contributed by atoms with Crippen molar-refractivity contribution in [1.82, 2.24) is 4.90 Å². The first-order chi connectivity index (χ1) is 11.4. The van der Waals surface area contributed by atoms with Gasteiger partial charge in [-0.05, 0) is 31.9 Å². The number of halogens is 2. The number of benzene rings is 1. The molecule has 24 heavy (non-hydrogen) atoms. The first kappa shape index (κ1) is 17.0. The van der Waals surface area contributed by atoms with Crippen molar-refractivity contribution in [1.29, 1.82) is 0 Å². The molecule has 6 heteroatoms. The molecule has 2 aliphatic carbocycles. The van der Waals surface area contributed by atoms with E-state index in [9.17, 15) is 14.0 Å². The van der Waals surface area contributed by atoms with Crippen molar-refractivity contribution in [3.8, 4) is 0 Å². The maximum atomic E-state index is 15.1. The number of likely N-dealkylation sites (N-methyl/N-ethyl adjacent to an activating group) is 1.